The lowest BCUT2D eigenvalue weighted by molar-refractivity contribution is -0.146. The Labute approximate surface area is 109 Å². The Balaban J connectivity index is 2.81. The van der Waals surface area contributed by atoms with Gasteiger partial charge in [0, 0.05) is 11.8 Å². The van der Waals surface area contributed by atoms with E-state index in [4.69, 9.17) is 10.2 Å². The number of aliphatic hydroxyl groups excluding tert-OH is 1. The molecular weight excluding hydrogens is 274 g/mol. The first-order valence-corrected chi connectivity index (χ1v) is 7.10. The quantitative estimate of drug-likeness (QED) is 0.656. The van der Waals surface area contributed by atoms with Crippen molar-refractivity contribution in [3.63, 3.8) is 0 Å². The third-order valence-electron chi connectivity index (χ3n) is 2.27. The number of carboxylic acid groups (broad SMARTS) is 1. The normalized spacial score (nSPS) is 12.7. The molecule has 0 bridgehead atoms. The van der Waals surface area contributed by atoms with Crippen molar-refractivity contribution in [3.05, 3.63) is 29.8 Å². The zero-order valence-electron chi connectivity index (χ0n) is 10.0. The van der Waals surface area contributed by atoms with Gasteiger partial charge in [0.25, 0.3) is 5.91 Å². The van der Waals surface area contributed by atoms with Crippen LogP contribution in [0.25, 0.3) is 0 Å². The van der Waals surface area contributed by atoms with Crippen LogP contribution in [0.1, 0.15) is 10.4 Å². The Morgan fingerprint density at radius 1 is 1.37 bits per heavy atom. The SMILES string of the molecule is CS(=O)(=O)c1cccc(C(=O)NCC(O)C(=O)O)c1. The number of carboxylic acids is 1. The van der Waals surface area contributed by atoms with Crippen molar-refractivity contribution < 1.29 is 28.2 Å². The fourth-order valence-electron chi connectivity index (χ4n) is 1.25. The molecule has 0 aromatic heterocycles. The first-order chi connectivity index (χ1) is 8.71. The van der Waals surface area contributed by atoms with E-state index in [-0.39, 0.29) is 10.5 Å². The molecule has 7 nitrogen and oxygen atoms in total. The van der Waals surface area contributed by atoms with Crippen molar-refractivity contribution in [2.45, 2.75) is 11.0 Å². The van der Waals surface area contributed by atoms with E-state index in [9.17, 15) is 18.0 Å². The molecular formula is C11H13NO6S. The Hall–Kier alpha value is -1.93. The zero-order valence-corrected chi connectivity index (χ0v) is 10.8. The number of nitrogens with one attached hydrogen (secondary N) is 1. The molecule has 1 aromatic carbocycles. The summed E-state index contributed by atoms with van der Waals surface area (Å²) in [6, 6.07) is 5.31. The predicted molar refractivity (Wildman–Crippen MR) is 65.5 cm³/mol. The minimum atomic E-state index is -3.43. The van der Waals surface area contributed by atoms with Crippen molar-refractivity contribution >= 4 is 21.7 Å². The Bertz CT molecular complexity index is 595. The van der Waals surface area contributed by atoms with Gasteiger partial charge in [0.2, 0.25) is 0 Å². The van der Waals surface area contributed by atoms with Crippen LogP contribution in [0.2, 0.25) is 0 Å². The predicted octanol–water partition coefficient (Wildman–Crippen LogP) is -0.735. The van der Waals surface area contributed by atoms with Crippen molar-refractivity contribution in [1.82, 2.24) is 5.32 Å². The van der Waals surface area contributed by atoms with Crippen LogP contribution < -0.4 is 5.32 Å². The topological polar surface area (TPSA) is 121 Å². The maximum atomic E-state index is 11.6. The highest BCUT2D eigenvalue weighted by Gasteiger charge is 2.16. The average Bonchev–Trinajstić information content (AvgIpc) is 2.34. The largest absolute Gasteiger partial charge is 0.479 e. The summed E-state index contributed by atoms with van der Waals surface area (Å²) in [4.78, 5) is 22.0. The molecule has 104 valence electrons. The summed E-state index contributed by atoms with van der Waals surface area (Å²) in [5.41, 5.74) is 0.0699. The Morgan fingerprint density at radius 3 is 2.53 bits per heavy atom. The van der Waals surface area contributed by atoms with Crippen molar-refractivity contribution in [2.24, 2.45) is 0 Å². The van der Waals surface area contributed by atoms with E-state index < -0.39 is 34.4 Å². The Morgan fingerprint density at radius 2 is 2.00 bits per heavy atom. The fraction of sp³-hybridized carbons (Fsp3) is 0.273. The number of sulfone groups is 1. The minimum Gasteiger partial charge on any atom is -0.479 e. The maximum absolute atomic E-state index is 11.6. The summed E-state index contributed by atoms with van der Waals surface area (Å²) in [5, 5.41) is 19.6. The highest BCUT2D eigenvalue weighted by Crippen LogP contribution is 2.11. The standard InChI is InChI=1S/C11H13NO6S/c1-19(17,18)8-4-2-3-7(5-8)10(14)12-6-9(13)11(15)16/h2-5,9,13H,6H2,1H3,(H,12,14)(H,15,16). The molecule has 3 N–H and O–H groups in total. The molecule has 0 saturated heterocycles. The highest BCUT2D eigenvalue weighted by molar-refractivity contribution is 7.90. The number of amides is 1. The second kappa shape index (κ2) is 5.81. The van der Waals surface area contributed by atoms with Crippen LogP contribution in [0.3, 0.4) is 0 Å². The summed E-state index contributed by atoms with van der Waals surface area (Å²) in [6.45, 7) is -0.461. The summed E-state index contributed by atoms with van der Waals surface area (Å²) in [6.07, 6.45) is -0.694. The number of benzene rings is 1. The molecule has 0 aliphatic carbocycles. The van der Waals surface area contributed by atoms with Gasteiger partial charge in [-0.2, -0.15) is 0 Å². The molecule has 1 amide bonds. The van der Waals surface area contributed by atoms with E-state index in [0.29, 0.717) is 0 Å². The fourth-order valence-corrected chi connectivity index (χ4v) is 1.91. The van der Waals surface area contributed by atoms with Gasteiger partial charge in [-0.1, -0.05) is 6.07 Å². The number of hydrogen-bond donors (Lipinski definition) is 3. The van der Waals surface area contributed by atoms with Crippen molar-refractivity contribution in [2.75, 3.05) is 12.8 Å². The van der Waals surface area contributed by atoms with E-state index >= 15 is 0 Å². The number of aliphatic hydroxyl groups is 1. The van der Waals surface area contributed by atoms with Crippen molar-refractivity contribution in [3.8, 4) is 0 Å². The average molecular weight is 287 g/mol. The van der Waals surface area contributed by atoms with E-state index in [1.807, 2.05) is 0 Å². The van der Waals surface area contributed by atoms with Crippen LogP contribution >= 0.6 is 0 Å². The van der Waals surface area contributed by atoms with E-state index in [1.54, 1.807) is 0 Å². The van der Waals surface area contributed by atoms with Gasteiger partial charge in [-0.15, -0.1) is 0 Å². The molecule has 0 fully saturated rings. The molecule has 0 heterocycles. The van der Waals surface area contributed by atoms with Gasteiger partial charge in [0.15, 0.2) is 15.9 Å². The van der Waals surface area contributed by atoms with Gasteiger partial charge < -0.3 is 15.5 Å². The molecule has 0 saturated carbocycles. The maximum Gasteiger partial charge on any atom is 0.334 e. The first kappa shape index (κ1) is 15.1. The lowest BCUT2D eigenvalue weighted by Gasteiger charge is -2.08. The molecule has 0 radical (unpaired) electrons. The van der Waals surface area contributed by atoms with Gasteiger partial charge in [-0.3, -0.25) is 4.79 Å². The molecule has 1 rings (SSSR count). The summed E-state index contributed by atoms with van der Waals surface area (Å²) >= 11 is 0. The second-order valence-electron chi connectivity index (χ2n) is 3.86. The lowest BCUT2D eigenvalue weighted by Crippen LogP contribution is -2.36. The first-order valence-electron chi connectivity index (χ1n) is 5.21. The molecule has 0 spiro atoms. The second-order valence-corrected chi connectivity index (χ2v) is 5.88. The van der Waals surface area contributed by atoms with Crippen LogP contribution in [0.15, 0.2) is 29.2 Å². The van der Waals surface area contributed by atoms with Gasteiger partial charge in [-0.05, 0) is 18.2 Å². The molecule has 19 heavy (non-hydrogen) atoms. The summed E-state index contributed by atoms with van der Waals surface area (Å²) in [7, 11) is -3.43. The van der Waals surface area contributed by atoms with Crippen LogP contribution in [-0.4, -0.2) is 49.4 Å². The number of rotatable bonds is 5. The van der Waals surface area contributed by atoms with Gasteiger partial charge in [-0.25, -0.2) is 13.2 Å². The molecule has 0 aliphatic rings. The van der Waals surface area contributed by atoms with E-state index in [0.717, 1.165) is 6.26 Å². The van der Waals surface area contributed by atoms with E-state index in [2.05, 4.69) is 5.32 Å². The number of carbonyl (C=O) groups excluding carboxylic acids is 1. The van der Waals surface area contributed by atoms with Gasteiger partial charge in [0.05, 0.1) is 11.4 Å². The van der Waals surface area contributed by atoms with Gasteiger partial charge >= 0.3 is 5.97 Å². The molecule has 1 aromatic rings. The molecule has 8 heteroatoms. The number of aliphatic carboxylic acids is 1. The Kier molecular flexibility index (Phi) is 4.62. The monoisotopic (exact) mass is 287 g/mol. The number of carbonyl (C=O) groups is 2. The third-order valence-corrected chi connectivity index (χ3v) is 3.38. The number of hydrogen-bond acceptors (Lipinski definition) is 5. The smallest absolute Gasteiger partial charge is 0.334 e. The summed E-state index contributed by atoms with van der Waals surface area (Å²) in [5.74, 6) is -2.11. The molecule has 1 unspecified atom stereocenters. The molecule has 1 atom stereocenters. The van der Waals surface area contributed by atoms with Crippen LogP contribution in [0, 0.1) is 0 Å². The van der Waals surface area contributed by atoms with Gasteiger partial charge in [0.1, 0.15) is 0 Å². The zero-order chi connectivity index (χ0) is 14.6. The van der Waals surface area contributed by atoms with Crippen molar-refractivity contribution in [1.29, 1.82) is 0 Å². The summed E-state index contributed by atoms with van der Waals surface area (Å²) < 4.78 is 22.6. The van der Waals surface area contributed by atoms with Crippen LogP contribution in [-0.2, 0) is 14.6 Å². The molecule has 0 aliphatic heterocycles. The lowest BCUT2D eigenvalue weighted by atomic mass is 10.2. The van der Waals surface area contributed by atoms with E-state index in [1.165, 1.54) is 24.3 Å². The minimum absolute atomic E-state index is 0.0149. The third kappa shape index (κ3) is 4.34. The highest BCUT2D eigenvalue weighted by atomic mass is 32.2. The van der Waals surface area contributed by atoms with Crippen LogP contribution in [0.5, 0.6) is 0 Å². The van der Waals surface area contributed by atoms with Crippen LogP contribution in [0.4, 0.5) is 0 Å².